The Labute approximate surface area is 305 Å². The van der Waals surface area contributed by atoms with Crippen molar-refractivity contribution in [1.29, 1.82) is 0 Å². The van der Waals surface area contributed by atoms with Crippen LogP contribution in [0.25, 0.3) is 22.3 Å². The molecular formula is C35H35ClF3N9O5. The van der Waals surface area contributed by atoms with Crippen LogP contribution in [0, 0.1) is 0 Å². The molecule has 2 amide bonds. The molecule has 53 heavy (non-hydrogen) atoms. The second-order valence-corrected chi connectivity index (χ2v) is 13.4. The van der Waals surface area contributed by atoms with E-state index < -0.39 is 35.2 Å². The third-order valence-electron chi connectivity index (χ3n) is 9.61. The number of anilines is 2. The molecule has 1 aromatic carbocycles. The number of aromatic hydroxyl groups is 1. The van der Waals surface area contributed by atoms with Crippen molar-refractivity contribution in [2.45, 2.75) is 45.5 Å². The van der Waals surface area contributed by atoms with Crippen LogP contribution in [-0.4, -0.2) is 89.4 Å². The van der Waals surface area contributed by atoms with Gasteiger partial charge in [0.25, 0.3) is 11.5 Å². The number of ether oxygens (including phenoxy) is 1. The summed E-state index contributed by atoms with van der Waals surface area (Å²) in [5.74, 6) is -0.878. The molecule has 2 aliphatic heterocycles. The van der Waals surface area contributed by atoms with Gasteiger partial charge in [0.2, 0.25) is 11.7 Å². The lowest BCUT2D eigenvalue weighted by molar-refractivity contribution is -0.137. The first-order valence-electron chi connectivity index (χ1n) is 16.9. The number of aromatic nitrogens is 6. The number of carbonyl (C=O) groups is 2. The number of fused-ring (bicyclic) bond motifs is 2. The Morgan fingerprint density at radius 2 is 1.98 bits per heavy atom. The fraction of sp³-hybridized carbons (Fsp3) is 0.371. The van der Waals surface area contributed by atoms with Gasteiger partial charge in [-0.1, -0.05) is 24.6 Å². The molecule has 2 aliphatic rings. The number of halogens is 4. The number of hydrogen-bond acceptors (Lipinski definition) is 9. The Kier molecular flexibility index (Phi) is 9.40. The number of alkyl halides is 3. The molecule has 1 fully saturated rings. The summed E-state index contributed by atoms with van der Waals surface area (Å²) in [5, 5.41) is 18.3. The highest BCUT2D eigenvalue weighted by Crippen LogP contribution is 2.34. The van der Waals surface area contributed by atoms with Crippen molar-refractivity contribution < 1.29 is 32.6 Å². The first kappa shape index (κ1) is 36.0. The van der Waals surface area contributed by atoms with Crippen molar-refractivity contribution in [3.63, 3.8) is 0 Å². The largest absolute Gasteiger partial charge is 0.505 e. The number of carbonyl (C=O) groups excluding carboxylic acids is 2. The third kappa shape index (κ3) is 6.58. The Hall–Kier alpha value is -5.42. The van der Waals surface area contributed by atoms with Gasteiger partial charge in [0, 0.05) is 44.3 Å². The molecule has 1 atom stereocenters. The van der Waals surface area contributed by atoms with E-state index in [1.54, 1.807) is 32.5 Å². The minimum absolute atomic E-state index is 0.0175. The molecule has 6 heterocycles. The maximum atomic E-state index is 14.3. The second-order valence-electron chi connectivity index (χ2n) is 13.0. The summed E-state index contributed by atoms with van der Waals surface area (Å²) in [6.07, 6.45) is 1.32. The zero-order chi connectivity index (χ0) is 37.8. The van der Waals surface area contributed by atoms with Gasteiger partial charge in [-0.25, -0.2) is 4.98 Å². The molecule has 7 rings (SSSR count). The number of piperazine rings is 1. The van der Waals surface area contributed by atoms with E-state index in [1.807, 2.05) is 31.9 Å². The third-order valence-corrected chi connectivity index (χ3v) is 9.92. The van der Waals surface area contributed by atoms with Crippen LogP contribution in [0.1, 0.15) is 47.8 Å². The van der Waals surface area contributed by atoms with Crippen molar-refractivity contribution in [1.82, 2.24) is 33.6 Å². The Morgan fingerprint density at radius 3 is 2.66 bits per heavy atom. The zero-order valence-corrected chi connectivity index (χ0v) is 29.7. The maximum absolute atomic E-state index is 14.3. The van der Waals surface area contributed by atoms with E-state index in [2.05, 4.69) is 20.4 Å². The van der Waals surface area contributed by atoms with E-state index in [9.17, 15) is 32.7 Å². The molecule has 14 nitrogen and oxygen atoms in total. The summed E-state index contributed by atoms with van der Waals surface area (Å²) in [5.41, 5.74) is 0.677. The molecular weight excluding hydrogens is 719 g/mol. The van der Waals surface area contributed by atoms with E-state index in [-0.39, 0.29) is 66.2 Å². The predicted octanol–water partition coefficient (Wildman–Crippen LogP) is 4.51. The molecule has 18 heteroatoms. The number of nitrogens with zero attached hydrogens (tertiary/aromatic N) is 8. The first-order chi connectivity index (χ1) is 25.3. The van der Waals surface area contributed by atoms with Crippen molar-refractivity contribution in [2.24, 2.45) is 7.05 Å². The molecule has 2 N–H and O–H groups in total. The average molecular weight is 754 g/mol. The molecule has 1 saturated heterocycles. The van der Waals surface area contributed by atoms with Gasteiger partial charge in [-0.05, 0) is 49.6 Å². The van der Waals surface area contributed by atoms with Crippen molar-refractivity contribution >= 4 is 57.0 Å². The Balaban J connectivity index is 1.23. The van der Waals surface area contributed by atoms with Crippen LogP contribution in [0.5, 0.6) is 5.75 Å². The standard InChI is InChI=1S/C35H35ClF3N9O5/c1-4-25-29(45-11-12-46(19(2)17-45)32(51)28-30(50)22-7-10-44(3)26(22)16-40-28)33(52)48-34(42-31(43-48)20-8-13-53-14-9-20)47(25)18-27(49)41-24-6-5-21(15-23(24)36)35(37,38)39/h5-8,10,15-16,19,50H,4,9,11-14,17-18H2,1-3H3,(H,41,49)/t19-/m1/s1. The quantitative estimate of drug-likeness (QED) is 0.245. The fourth-order valence-electron chi connectivity index (χ4n) is 6.89. The summed E-state index contributed by atoms with van der Waals surface area (Å²) in [6, 6.07) is 3.92. The highest BCUT2D eigenvalue weighted by Gasteiger charge is 2.35. The molecule has 4 aromatic heterocycles. The fourth-order valence-corrected chi connectivity index (χ4v) is 7.12. The van der Waals surface area contributed by atoms with Crippen LogP contribution in [0.15, 0.2) is 47.5 Å². The molecule has 0 radical (unpaired) electrons. The van der Waals surface area contributed by atoms with Crippen molar-refractivity contribution in [3.8, 4) is 5.75 Å². The van der Waals surface area contributed by atoms with Crippen molar-refractivity contribution in [2.75, 3.05) is 43.1 Å². The summed E-state index contributed by atoms with van der Waals surface area (Å²) in [4.78, 5) is 54.0. The van der Waals surface area contributed by atoms with Gasteiger partial charge >= 0.3 is 6.18 Å². The Bertz CT molecular complexity index is 2370. The van der Waals surface area contributed by atoms with E-state index >= 15 is 0 Å². The molecule has 0 spiro atoms. The van der Waals surface area contributed by atoms with Gasteiger partial charge in [-0.15, -0.1) is 5.10 Å². The maximum Gasteiger partial charge on any atom is 0.416 e. The summed E-state index contributed by atoms with van der Waals surface area (Å²) in [6.45, 7) is 4.73. The summed E-state index contributed by atoms with van der Waals surface area (Å²) < 4.78 is 49.6. The lowest BCUT2D eigenvalue weighted by Crippen LogP contribution is -2.55. The van der Waals surface area contributed by atoms with Gasteiger partial charge in [0.15, 0.2) is 17.3 Å². The summed E-state index contributed by atoms with van der Waals surface area (Å²) >= 11 is 6.14. The van der Waals surface area contributed by atoms with Crippen molar-refractivity contribution in [3.05, 3.63) is 80.9 Å². The minimum atomic E-state index is -4.61. The van der Waals surface area contributed by atoms with E-state index in [1.165, 1.54) is 0 Å². The number of pyridine rings is 1. The molecule has 0 unspecified atom stereocenters. The van der Waals surface area contributed by atoms with Gasteiger partial charge < -0.3 is 34.1 Å². The zero-order valence-electron chi connectivity index (χ0n) is 28.9. The number of amides is 2. The number of hydrogen-bond donors (Lipinski definition) is 2. The summed E-state index contributed by atoms with van der Waals surface area (Å²) in [7, 11) is 1.81. The molecule has 0 aliphatic carbocycles. The first-order valence-corrected chi connectivity index (χ1v) is 17.3. The Morgan fingerprint density at radius 1 is 1.19 bits per heavy atom. The molecule has 0 saturated carbocycles. The monoisotopic (exact) mass is 753 g/mol. The van der Waals surface area contributed by atoms with Crippen LogP contribution in [0.4, 0.5) is 24.5 Å². The topological polar surface area (TPSA) is 152 Å². The highest BCUT2D eigenvalue weighted by molar-refractivity contribution is 6.33. The van der Waals surface area contributed by atoms with E-state index in [4.69, 9.17) is 16.3 Å². The lowest BCUT2D eigenvalue weighted by Gasteiger charge is -2.41. The second kappa shape index (κ2) is 13.9. The lowest BCUT2D eigenvalue weighted by atomic mass is 10.1. The normalized spacial score (nSPS) is 16.7. The number of benzene rings is 1. The SMILES string of the molecule is CCc1c(N2CCN(C(=O)c3ncc4c(ccn4C)c3O)[C@H](C)C2)c(=O)n2nc(C3=CCOCC3)nc2n1CC(=O)Nc1ccc(C(F)(F)F)cc1Cl. The number of nitrogens with one attached hydrogen (secondary N) is 1. The molecule has 278 valence electrons. The predicted molar refractivity (Wildman–Crippen MR) is 190 cm³/mol. The van der Waals surface area contributed by atoms with Gasteiger partial charge in [-0.3, -0.25) is 14.4 Å². The van der Waals surface area contributed by atoms with E-state index in [0.29, 0.717) is 42.1 Å². The van der Waals surface area contributed by atoms with Gasteiger partial charge in [0.1, 0.15) is 12.2 Å². The van der Waals surface area contributed by atoms with Gasteiger partial charge in [-0.2, -0.15) is 22.7 Å². The van der Waals surface area contributed by atoms with Crippen LogP contribution >= 0.6 is 11.6 Å². The van der Waals surface area contributed by atoms with Crippen LogP contribution < -0.4 is 15.8 Å². The van der Waals surface area contributed by atoms with Gasteiger partial charge in [0.05, 0.1) is 46.9 Å². The number of rotatable bonds is 7. The smallest absolute Gasteiger partial charge is 0.416 e. The number of aryl methyl sites for hydroxylation is 1. The van der Waals surface area contributed by atoms with Crippen LogP contribution in [-0.2, 0) is 35.7 Å². The van der Waals surface area contributed by atoms with E-state index in [0.717, 1.165) is 28.3 Å². The molecule has 0 bridgehead atoms. The molecule has 5 aromatic rings. The minimum Gasteiger partial charge on any atom is -0.505 e. The average Bonchev–Trinajstić information content (AvgIpc) is 3.75. The highest BCUT2D eigenvalue weighted by atomic mass is 35.5. The van der Waals surface area contributed by atoms with Crippen LogP contribution in [0.2, 0.25) is 5.02 Å². The van der Waals surface area contributed by atoms with Crippen LogP contribution in [0.3, 0.4) is 0 Å².